The first kappa shape index (κ1) is 18.3. The number of ketones is 1. The zero-order chi connectivity index (χ0) is 18.6. The number of hydrogen-bond acceptors (Lipinski definition) is 5. The smallest absolute Gasteiger partial charge is 0.313 e. The summed E-state index contributed by atoms with van der Waals surface area (Å²) in [4.78, 5) is 40.2. The van der Waals surface area contributed by atoms with E-state index in [1.165, 1.54) is 12.3 Å². The molecule has 0 saturated carbocycles. The van der Waals surface area contributed by atoms with Crippen LogP contribution in [0.25, 0.3) is 0 Å². The Bertz CT molecular complexity index is 810. The van der Waals surface area contributed by atoms with Crippen LogP contribution in [0.3, 0.4) is 0 Å². The molecule has 0 unspecified atom stereocenters. The van der Waals surface area contributed by atoms with Gasteiger partial charge >= 0.3 is 11.8 Å². The van der Waals surface area contributed by atoms with Crippen LogP contribution in [0.15, 0.2) is 36.7 Å². The lowest BCUT2D eigenvalue weighted by molar-refractivity contribution is -0.137. The number of carbonyl (C=O) groups is 3. The van der Waals surface area contributed by atoms with E-state index in [9.17, 15) is 14.4 Å². The van der Waals surface area contributed by atoms with Gasteiger partial charge in [0.15, 0.2) is 5.82 Å². The van der Waals surface area contributed by atoms with E-state index in [2.05, 4.69) is 15.6 Å². The van der Waals surface area contributed by atoms with Gasteiger partial charge in [0.1, 0.15) is 0 Å². The number of aryl methyl sites for hydroxylation is 1. The summed E-state index contributed by atoms with van der Waals surface area (Å²) >= 11 is 0. The van der Waals surface area contributed by atoms with Crippen molar-refractivity contribution in [3.05, 3.63) is 48.0 Å². The number of aliphatic hydroxyl groups is 1. The van der Waals surface area contributed by atoms with Crippen LogP contribution in [0, 0.1) is 0 Å². The Morgan fingerprint density at radius 1 is 1.24 bits per heavy atom. The molecule has 0 aliphatic rings. The second-order valence-electron chi connectivity index (χ2n) is 6.22. The van der Waals surface area contributed by atoms with Crippen molar-refractivity contribution in [3.8, 4) is 0 Å². The van der Waals surface area contributed by atoms with Crippen LogP contribution in [0.1, 0.15) is 30.0 Å². The van der Waals surface area contributed by atoms with Crippen molar-refractivity contribution in [1.29, 1.82) is 0 Å². The van der Waals surface area contributed by atoms with E-state index in [0.29, 0.717) is 11.3 Å². The standard InChI is InChI=1S/C17H20N4O4/c1-17(2,10-22)20-16(25)15(24)19-12-6-4-5-11(9-12)13(23)14-18-7-8-21(14)3/h4-9,22H,10H2,1-3H3,(H,19,24)(H,20,25). The summed E-state index contributed by atoms with van der Waals surface area (Å²) in [6.45, 7) is 2.87. The largest absolute Gasteiger partial charge is 0.394 e. The predicted molar refractivity (Wildman–Crippen MR) is 91.0 cm³/mol. The van der Waals surface area contributed by atoms with Crippen LogP contribution in [0.2, 0.25) is 0 Å². The molecular weight excluding hydrogens is 324 g/mol. The van der Waals surface area contributed by atoms with Crippen LogP contribution in [-0.2, 0) is 16.6 Å². The Labute approximate surface area is 144 Å². The minimum Gasteiger partial charge on any atom is -0.394 e. The average Bonchev–Trinajstić information content (AvgIpc) is 3.00. The number of anilines is 1. The molecule has 25 heavy (non-hydrogen) atoms. The van der Waals surface area contributed by atoms with E-state index in [4.69, 9.17) is 5.11 Å². The number of imidazole rings is 1. The molecule has 8 heteroatoms. The fraction of sp³-hybridized carbons (Fsp3) is 0.294. The Morgan fingerprint density at radius 2 is 1.96 bits per heavy atom. The molecule has 8 nitrogen and oxygen atoms in total. The fourth-order valence-electron chi connectivity index (χ4n) is 2.04. The number of hydrogen-bond donors (Lipinski definition) is 3. The van der Waals surface area contributed by atoms with Crippen LogP contribution < -0.4 is 10.6 Å². The quantitative estimate of drug-likeness (QED) is 0.539. The molecule has 2 rings (SSSR count). The molecule has 0 spiro atoms. The van der Waals surface area contributed by atoms with Gasteiger partial charge in [0.25, 0.3) is 0 Å². The zero-order valence-corrected chi connectivity index (χ0v) is 14.2. The van der Waals surface area contributed by atoms with E-state index in [1.54, 1.807) is 49.9 Å². The van der Waals surface area contributed by atoms with Crippen molar-refractivity contribution in [3.63, 3.8) is 0 Å². The highest BCUT2D eigenvalue weighted by atomic mass is 16.3. The molecule has 132 valence electrons. The lowest BCUT2D eigenvalue weighted by Gasteiger charge is -2.22. The molecule has 0 radical (unpaired) electrons. The number of nitrogens with one attached hydrogen (secondary N) is 2. The van der Waals surface area contributed by atoms with Gasteiger partial charge in [-0.05, 0) is 26.0 Å². The number of nitrogens with zero attached hydrogens (tertiary/aromatic N) is 2. The molecule has 0 bridgehead atoms. The maximum Gasteiger partial charge on any atom is 0.313 e. The number of carbonyl (C=O) groups excluding carboxylic acids is 3. The molecular formula is C17H20N4O4. The molecule has 1 heterocycles. The molecule has 3 N–H and O–H groups in total. The summed E-state index contributed by atoms with van der Waals surface area (Å²) in [5.41, 5.74) is -0.269. The van der Waals surface area contributed by atoms with Crippen LogP contribution in [0.4, 0.5) is 5.69 Å². The summed E-state index contributed by atoms with van der Waals surface area (Å²) in [7, 11) is 1.71. The topological polar surface area (TPSA) is 113 Å². The Kier molecular flexibility index (Phi) is 5.33. The Balaban J connectivity index is 2.11. The minimum absolute atomic E-state index is 0.269. The number of aromatic nitrogens is 2. The van der Waals surface area contributed by atoms with Crippen molar-refractivity contribution < 1.29 is 19.5 Å². The second kappa shape index (κ2) is 7.27. The molecule has 0 atom stereocenters. The third-order valence-electron chi connectivity index (χ3n) is 3.46. The van der Waals surface area contributed by atoms with Gasteiger partial charge in [-0.15, -0.1) is 0 Å². The van der Waals surface area contributed by atoms with Gasteiger partial charge in [-0.3, -0.25) is 14.4 Å². The van der Waals surface area contributed by atoms with Gasteiger partial charge < -0.3 is 20.3 Å². The van der Waals surface area contributed by atoms with Crippen LogP contribution >= 0.6 is 0 Å². The second-order valence-corrected chi connectivity index (χ2v) is 6.22. The Hall–Kier alpha value is -3.00. The molecule has 1 aromatic heterocycles. The zero-order valence-electron chi connectivity index (χ0n) is 14.2. The van der Waals surface area contributed by atoms with Crippen LogP contribution in [-0.4, -0.2) is 44.4 Å². The molecule has 0 aliphatic carbocycles. The first-order chi connectivity index (χ1) is 11.7. The predicted octanol–water partition coefficient (Wildman–Crippen LogP) is 0.477. The highest BCUT2D eigenvalue weighted by Gasteiger charge is 2.24. The Morgan fingerprint density at radius 3 is 2.56 bits per heavy atom. The van der Waals surface area contributed by atoms with E-state index in [-0.39, 0.29) is 18.2 Å². The first-order valence-electron chi connectivity index (χ1n) is 7.60. The summed E-state index contributed by atoms with van der Waals surface area (Å²) in [6.07, 6.45) is 3.18. The average molecular weight is 344 g/mol. The van der Waals surface area contributed by atoms with Crippen LogP contribution in [0.5, 0.6) is 0 Å². The lowest BCUT2D eigenvalue weighted by Crippen LogP contribution is -2.50. The monoisotopic (exact) mass is 344 g/mol. The van der Waals surface area contributed by atoms with E-state index in [0.717, 1.165) is 0 Å². The molecule has 2 amide bonds. The normalized spacial score (nSPS) is 11.0. The number of benzene rings is 1. The fourth-order valence-corrected chi connectivity index (χ4v) is 2.04. The van der Waals surface area contributed by atoms with Crippen molar-refractivity contribution in [1.82, 2.24) is 14.9 Å². The van der Waals surface area contributed by atoms with Gasteiger partial charge in [-0.2, -0.15) is 0 Å². The number of amides is 2. The van der Waals surface area contributed by atoms with Crippen molar-refractivity contribution in [2.24, 2.45) is 7.05 Å². The molecule has 0 aliphatic heterocycles. The summed E-state index contributed by atoms with van der Waals surface area (Å²) in [5.74, 6) is -1.79. The van der Waals surface area contributed by atoms with Crippen molar-refractivity contribution >= 4 is 23.3 Å². The van der Waals surface area contributed by atoms with Crippen molar-refractivity contribution in [2.45, 2.75) is 19.4 Å². The minimum atomic E-state index is -0.912. The SMILES string of the molecule is Cn1ccnc1C(=O)c1cccc(NC(=O)C(=O)NC(C)(C)CO)c1. The van der Waals surface area contributed by atoms with Crippen molar-refractivity contribution in [2.75, 3.05) is 11.9 Å². The molecule has 0 fully saturated rings. The van der Waals surface area contributed by atoms with E-state index < -0.39 is 17.4 Å². The highest BCUT2D eigenvalue weighted by molar-refractivity contribution is 6.39. The highest BCUT2D eigenvalue weighted by Crippen LogP contribution is 2.14. The number of aliphatic hydroxyl groups excluding tert-OH is 1. The van der Waals surface area contributed by atoms with Gasteiger partial charge in [-0.25, -0.2) is 4.98 Å². The summed E-state index contributed by atoms with van der Waals surface area (Å²) in [5, 5.41) is 14.0. The van der Waals surface area contributed by atoms with Gasteiger partial charge in [0.2, 0.25) is 5.78 Å². The summed E-state index contributed by atoms with van der Waals surface area (Å²) < 4.78 is 1.60. The molecule has 0 saturated heterocycles. The first-order valence-corrected chi connectivity index (χ1v) is 7.60. The number of rotatable bonds is 5. The lowest BCUT2D eigenvalue weighted by atomic mass is 10.1. The molecule has 2 aromatic rings. The van der Waals surface area contributed by atoms with E-state index >= 15 is 0 Å². The van der Waals surface area contributed by atoms with Gasteiger partial charge in [-0.1, -0.05) is 12.1 Å². The molecule has 1 aromatic carbocycles. The third kappa shape index (κ3) is 4.51. The third-order valence-corrected chi connectivity index (χ3v) is 3.46. The van der Waals surface area contributed by atoms with Gasteiger partial charge in [0, 0.05) is 30.7 Å². The maximum absolute atomic E-state index is 12.4. The van der Waals surface area contributed by atoms with Gasteiger partial charge in [0.05, 0.1) is 12.1 Å². The summed E-state index contributed by atoms with van der Waals surface area (Å²) in [6, 6.07) is 6.24. The van der Waals surface area contributed by atoms with E-state index in [1.807, 2.05) is 0 Å². The maximum atomic E-state index is 12.4.